The Hall–Kier alpha value is -2.82. The molecule has 0 saturated heterocycles. The molecule has 5 nitrogen and oxygen atoms in total. The minimum absolute atomic E-state index is 0.0785. The Labute approximate surface area is 154 Å². The van der Waals surface area contributed by atoms with E-state index in [-0.39, 0.29) is 11.8 Å². The molecular formula is C21H25N3O2. The Morgan fingerprint density at radius 1 is 1.12 bits per heavy atom. The second-order valence-electron chi connectivity index (χ2n) is 6.54. The fourth-order valence-corrected chi connectivity index (χ4v) is 3.16. The largest absolute Gasteiger partial charge is 0.362 e. The van der Waals surface area contributed by atoms with Crippen LogP contribution in [0.25, 0.3) is 0 Å². The second-order valence-corrected chi connectivity index (χ2v) is 6.54. The Bertz CT molecular complexity index is 788. The summed E-state index contributed by atoms with van der Waals surface area (Å²) in [6.45, 7) is 3.91. The number of nitrogens with one attached hydrogen (secondary N) is 2. The van der Waals surface area contributed by atoms with Gasteiger partial charge in [-0.25, -0.2) is 0 Å². The SMILES string of the molecule is CCCCNC(=O)c1cccc(NC(=O)CN2CCc3ccccc32)c1. The molecule has 2 amide bonds. The summed E-state index contributed by atoms with van der Waals surface area (Å²) < 4.78 is 0. The number of anilines is 2. The van der Waals surface area contributed by atoms with Gasteiger partial charge < -0.3 is 15.5 Å². The summed E-state index contributed by atoms with van der Waals surface area (Å²) in [4.78, 5) is 26.6. The number of fused-ring (bicyclic) bond motifs is 1. The predicted octanol–water partition coefficient (Wildman–Crippen LogP) is 3.22. The molecular weight excluding hydrogens is 326 g/mol. The van der Waals surface area contributed by atoms with Gasteiger partial charge in [0, 0.05) is 30.0 Å². The smallest absolute Gasteiger partial charge is 0.251 e. The minimum Gasteiger partial charge on any atom is -0.362 e. The summed E-state index contributed by atoms with van der Waals surface area (Å²) in [5.74, 6) is -0.187. The van der Waals surface area contributed by atoms with Crippen molar-refractivity contribution in [1.82, 2.24) is 5.32 Å². The van der Waals surface area contributed by atoms with E-state index in [0.717, 1.165) is 31.5 Å². The molecule has 26 heavy (non-hydrogen) atoms. The number of hydrogen-bond donors (Lipinski definition) is 2. The molecule has 3 rings (SSSR count). The van der Waals surface area contributed by atoms with Crippen LogP contribution < -0.4 is 15.5 Å². The highest BCUT2D eigenvalue weighted by atomic mass is 16.2. The van der Waals surface area contributed by atoms with E-state index in [0.29, 0.717) is 24.3 Å². The summed E-state index contributed by atoms with van der Waals surface area (Å²) >= 11 is 0. The number of hydrogen-bond acceptors (Lipinski definition) is 3. The lowest BCUT2D eigenvalue weighted by Crippen LogP contribution is -2.32. The lowest BCUT2D eigenvalue weighted by Gasteiger charge is -2.18. The van der Waals surface area contributed by atoms with Crippen LogP contribution in [0.15, 0.2) is 48.5 Å². The third kappa shape index (κ3) is 4.42. The normalized spacial score (nSPS) is 12.6. The van der Waals surface area contributed by atoms with Crippen molar-refractivity contribution in [2.75, 3.05) is 29.9 Å². The van der Waals surface area contributed by atoms with E-state index in [4.69, 9.17) is 0 Å². The minimum atomic E-state index is -0.108. The number of amides is 2. The van der Waals surface area contributed by atoms with Gasteiger partial charge in [-0.05, 0) is 42.7 Å². The van der Waals surface area contributed by atoms with Gasteiger partial charge in [0.1, 0.15) is 0 Å². The molecule has 0 saturated carbocycles. The summed E-state index contributed by atoms with van der Waals surface area (Å²) in [6, 6.07) is 15.2. The molecule has 1 heterocycles. The monoisotopic (exact) mass is 351 g/mol. The van der Waals surface area contributed by atoms with Crippen LogP contribution in [-0.4, -0.2) is 31.4 Å². The van der Waals surface area contributed by atoms with Gasteiger partial charge in [0.25, 0.3) is 5.91 Å². The van der Waals surface area contributed by atoms with Crippen LogP contribution >= 0.6 is 0 Å². The van der Waals surface area contributed by atoms with Gasteiger partial charge >= 0.3 is 0 Å². The van der Waals surface area contributed by atoms with Gasteiger partial charge in [-0.15, -0.1) is 0 Å². The van der Waals surface area contributed by atoms with Crippen LogP contribution in [0.1, 0.15) is 35.7 Å². The summed E-state index contributed by atoms with van der Waals surface area (Å²) in [5, 5.41) is 5.79. The van der Waals surface area contributed by atoms with Crippen LogP contribution in [0.3, 0.4) is 0 Å². The third-order valence-electron chi connectivity index (χ3n) is 4.54. The molecule has 2 N–H and O–H groups in total. The molecule has 1 aliphatic heterocycles. The van der Waals surface area contributed by atoms with Crippen molar-refractivity contribution in [3.05, 3.63) is 59.7 Å². The molecule has 0 fully saturated rings. The van der Waals surface area contributed by atoms with Crippen LogP contribution in [0, 0.1) is 0 Å². The number of unbranched alkanes of at least 4 members (excludes halogenated alkanes) is 1. The lowest BCUT2D eigenvalue weighted by molar-refractivity contribution is -0.115. The van der Waals surface area contributed by atoms with Crippen molar-refractivity contribution in [3.63, 3.8) is 0 Å². The second kappa shape index (κ2) is 8.52. The zero-order valence-corrected chi connectivity index (χ0v) is 15.1. The first-order valence-corrected chi connectivity index (χ1v) is 9.18. The van der Waals surface area contributed by atoms with Crippen molar-refractivity contribution in [2.45, 2.75) is 26.2 Å². The number of para-hydroxylation sites is 1. The summed E-state index contributed by atoms with van der Waals surface area (Å²) in [7, 11) is 0. The van der Waals surface area contributed by atoms with Crippen molar-refractivity contribution in [3.8, 4) is 0 Å². The zero-order valence-electron chi connectivity index (χ0n) is 15.1. The Morgan fingerprint density at radius 2 is 1.96 bits per heavy atom. The topological polar surface area (TPSA) is 61.4 Å². The molecule has 0 unspecified atom stereocenters. The van der Waals surface area contributed by atoms with Crippen LogP contribution in [0.4, 0.5) is 11.4 Å². The fraction of sp³-hybridized carbons (Fsp3) is 0.333. The van der Waals surface area contributed by atoms with E-state index in [9.17, 15) is 9.59 Å². The maximum absolute atomic E-state index is 12.4. The number of carbonyl (C=O) groups excluding carboxylic acids is 2. The average Bonchev–Trinajstić information content (AvgIpc) is 3.05. The average molecular weight is 351 g/mol. The molecule has 0 atom stereocenters. The fourth-order valence-electron chi connectivity index (χ4n) is 3.16. The maximum atomic E-state index is 12.4. The highest BCUT2D eigenvalue weighted by molar-refractivity contribution is 5.98. The molecule has 1 aliphatic rings. The van der Waals surface area contributed by atoms with Gasteiger partial charge in [-0.2, -0.15) is 0 Å². The summed E-state index contributed by atoms with van der Waals surface area (Å²) in [6.07, 6.45) is 2.96. The molecule has 2 aromatic carbocycles. The Kier molecular flexibility index (Phi) is 5.89. The maximum Gasteiger partial charge on any atom is 0.251 e. The standard InChI is InChI=1S/C21H25N3O2/c1-2-3-12-22-21(26)17-8-6-9-18(14-17)23-20(25)15-24-13-11-16-7-4-5-10-19(16)24/h4-10,14H,2-3,11-13,15H2,1H3,(H,22,26)(H,23,25). The predicted molar refractivity (Wildman–Crippen MR) is 105 cm³/mol. The van der Waals surface area contributed by atoms with E-state index in [1.165, 1.54) is 5.56 Å². The first kappa shape index (κ1) is 18.0. The highest BCUT2D eigenvalue weighted by Gasteiger charge is 2.20. The third-order valence-corrected chi connectivity index (χ3v) is 4.54. The van der Waals surface area contributed by atoms with E-state index in [1.807, 2.05) is 12.1 Å². The highest BCUT2D eigenvalue weighted by Crippen LogP contribution is 2.27. The Balaban J connectivity index is 1.58. The van der Waals surface area contributed by atoms with E-state index in [1.54, 1.807) is 24.3 Å². The van der Waals surface area contributed by atoms with Gasteiger partial charge in [0.15, 0.2) is 0 Å². The zero-order chi connectivity index (χ0) is 18.4. The lowest BCUT2D eigenvalue weighted by atomic mass is 10.2. The molecule has 5 heteroatoms. The van der Waals surface area contributed by atoms with Gasteiger partial charge in [-0.3, -0.25) is 9.59 Å². The molecule has 2 aromatic rings. The van der Waals surface area contributed by atoms with Crippen molar-refractivity contribution in [2.24, 2.45) is 0 Å². The van der Waals surface area contributed by atoms with Crippen LogP contribution in [0.5, 0.6) is 0 Å². The number of carbonyl (C=O) groups is 2. The van der Waals surface area contributed by atoms with E-state index in [2.05, 4.69) is 34.6 Å². The number of rotatable bonds is 7. The molecule has 0 radical (unpaired) electrons. The van der Waals surface area contributed by atoms with E-state index >= 15 is 0 Å². The Morgan fingerprint density at radius 3 is 2.81 bits per heavy atom. The number of benzene rings is 2. The van der Waals surface area contributed by atoms with Crippen LogP contribution in [-0.2, 0) is 11.2 Å². The van der Waals surface area contributed by atoms with Crippen molar-refractivity contribution < 1.29 is 9.59 Å². The van der Waals surface area contributed by atoms with E-state index < -0.39 is 0 Å². The molecule has 0 bridgehead atoms. The van der Waals surface area contributed by atoms with Crippen LogP contribution in [0.2, 0.25) is 0 Å². The molecule has 136 valence electrons. The molecule has 0 aliphatic carbocycles. The van der Waals surface area contributed by atoms with Gasteiger partial charge in [0.2, 0.25) is 5.91 Å². The first-order valence-electron chi connectivity index (χ1n) is 9.18. The quantitative estimate of drug-likeness (QED) is 0.753. The summed E-state index contributed by atoms with van der Waals surface area (Å²) in [5.41, 5.74) is 3.62. The molecule has 0 aromatic heterocycles. The van der Waals surface area contributed by atoms with Crippen molar-refractivity contribution in [1.29, 1.82) is 0 Å². The van der Waals surface area contributed by atoms with Gasteiger partial charge in [-0.1, -0.05) is 37.6 Å². The van der Waals surface area contributed by atoms with Gasteiger partial charge in [0.05, 0.1) is 6.54 Å². The molecule has 0 spiro atoms. The number of nitrogens with zero attached hydrogens (tertiary/aromatic N) is 1. The first-order chi connectivity index (χ1) is 12.7. The van der Waals surface area contributed by atoms with Crippen molar-refractivity contribution >= 4 is 23.2 Å².